The van der Waals surface area contributed by atoms with Gasteiger partial charge in [0.1, 0.15) is 33.6 Å². The molecule has 1 amide bonds. The molecule has 0 saturated carbocycles. The van der Waals surface area contributed by atoms with E-state index in [-0.39, 0.29) is 55.7 Å². The first kappa shape index (κ1) is 48.6. The van der Waals surface area contributed by atoms with E-state index in [4.69, 9.17) is 29.8 Å². The van der Waals surface area contributed by atoms with Gasteiger partial charge in [0.05, 0.1) is 44.5 Å². The molecular weight excluding hydrogens is 937 g/mol. The van der Waals surface area contributed by atoms with E-state index in [2.05, 4.69) is 30.3 Å². The fraction of sp³-hybridized carbons (Fsp3) is 0.204. The Labute approximate surface area is 404 Å². The van der Waals surface area contributed by atoms with Crippen LogP contribution in [0.3, 0.4) is 0 Å². The van der Waals surface area contributed by atoms with E-state index in [0.717, 1.165) is 11.1 Å². The average molecular weight is 987 g/mol. The smallest absolute Gasteiger partial charge is 0.407 e. The lowest BCUT2D eigenvalue weighted by molar-refractivity contribution is 0.139. The van der Waals surface area contributed by atoms with Crippen LogP contribution >= 0.6 is 0 Å². The third-order valence-electron chi connectivity index (χ3n) is 11.1. The minimum Gasteiger partial charge on any atom is -0.497 e. The largest absolute Gasteiger partial charge is 0.497 e. The molecule has 0 saturated heterocycles. The van der Waals surface area contributed by atoms with Gasteiger partial charge in [0, 0.05) is 31.2 Å². The summed E-state index contributed by atoms with van der Waals surface area (Å²) in [5.41, 5.74) is 10.2. The molecule has 0 aliphatic heterocycles. The number of nitrogens with one attached hydrogen (secondary N) is 3. The maximum Gasteiger partial charge on any atom is 0.407 e. The monoisotopic (exact) mass is 986 g/mol. The van der Waals surface area contributed by atoms with Crippen molar-refractivity contribution in [3.05, 3.63) is 156 Å². The van der Waals surface area contributed by atoms with E-state index < -0.39 is 42.0 Å². The van der Waals surface area contributed by atoms with Gasteiger partial charge in [-0.1, -0.05) is 84.9 Å². The van der Waals surface area contributed by atoms with Crippen molar-refractivity contribution in [3.63, 3.8) is 0 Å². The van der Waals surface area contributed by atoms with Gasteiger partial charge < -0.3 is 35.0 Å². The number of carbonyl (C=O) groups is 1. The van der Waals surface area contributed by atoms with Crippen LogP contribution in [0.2, 0.25) is 0 Å². The number of nitrogens with zero attached hydrogens (tertiary/aromatic N) is 6. The fourth-order valence-electron chi connectivity index (χ4n) is 7.66. The number of aromatic amines is 1. The van der Waals surface area contributed by atoms with Crippen LogP contribution in [-0.4, -0.2) is 91.3 Å². The van der Waals surface area contributed by atoms with Gasteiger partial charge in [-0.15, -0.1) is 10.2 Å². The molecule has 21 heteroatoms. The third kappa shape index (κ3) is 11.2. The number of carbonyl (C=O) groups excluding carboxylic acids is 1. The summed E-state index contributed by atoms with van der Waals surface area (Å²) in [7, 11) is -5.18. The number of aromatic nitrogens is 6. The normalized spacial score (nSPS) is 12.2. The van der Waals surface area contributed by atoms with Crippen LogP contribution < -0.4 is 30.0 Å². The van der Waals surface area contributed by atoms with E-state index in [0.29, 0.717) is 45.0 Å². The number of H-pyrrole nitrogens is 1. The number of ether oxygens (including phenoxy) is 4. The number of methoxy groups -OCH3 is 3. The van der Waals surface area contributed by atoms with Crippen molar-refractivity contribution in [3.8, 4) is 39.8 Å². The van der Waals surface area contributed by atoms with Gasteiger partial charge in [0.25, 0.3) is 0 Å². The number of para-hydroxylation sites is 1. The number of sulfonamides is 2. The Hall–Kier alpha value is -7.85. The molecule has 0 spiro atoms. The molecule has 0 aliphatic carbocycles. The minimum atomic E-state index is -4.97. The van der Waals surface area contributed by atoms with Crippen LogP contribution in [0.25, 0.3) is 33.5 Å². The SMILES string of the molecule is COc1ccc(CN(Cc2ccc(OC)cc2)S(=O)(=O)c2c(S(=O)(=O)NC(C)CNC(=O)OCc3ccccc3)ccc(-c3cccc4[nH]c(N)nc34)c2-c2nnn(Cc3ccc(OC)cc3)n2)cc1. The molecule has 2 aromatic heterocycles. The van der Waals surface area contributed by atoms with Crippen molar-refractivity contribution in [1.82, 2.24) is 44.5 Å². The zero-order valence-electron chi connectivity index (χ0n) is 38.6. The summed E-state index contributed by atoms with van der Waals surface area (Å²) in [4.78, 5) is 20.3. The number of alkyl carbamates (subject to hydrolysis) is 1. The molecule has 70 heavy (non-hydrogen) atoms. The summed E-state index contributed by atoms with van der Waals surface area (Å²) in [6.45, 7) is 0.966. The highest BCUT2D eigenvalue weighted by atomic mass is 32.2. The maximum atomic E-state index is 16.1. The number of benzene rings is 6. The summed E-state index contributed by atoms with van der Waals surface area (Å²) in [6.07, 6.45) is -0.783. The van der Waals surface area contributed by atoms with E-state index in [1.807, 2.05) is 30.3 Å². The molecule has 0 aliphatic rings. The molecule has 0 fully saturated rings. The van der Waals surface area contributed by atoms with Crippen LogP contribution in [0.5, 0.6) is 17.2 Å². The van der Waals surface area contributed by atoms with Gasteiger partial charge in [-0.25, -0.2) is 31.3 Å². The highest BCUT2D eigenvalue weighted by Gasteiger charge is 2.38. The molecule has 0 bridgehead atoms. The van der Waals surface area contributed by atoms with E-state index in [1.165, 1.54) is 42.4 Å². The Morgan fingerprint density at radius 2 is 1.33 bits per heavy atom. The number of fused-ring (bicyclic) bond motifs is 1. The number of hydrogen-bond acceptors (Lipinski definition) is 14. The molecule has 8 rings (SSSR count). The van der Waals surface area contributed by atoms with Crippen molar-refractivity contribution in [2.45, 2.75) is 49.0 Å². The predicted molar refractivity (Wildman–Crippen MR) is 262 cm³/mol. The molecule has 0 radical (unpaired) electrons. The molecule has 2 heterocycles. The van der Waals surface area contributed by atoms with Gasteiger partial charge >= 0.3 is 6.09 Å². The molecular formula is C49H50N10O9S2. The predicted octanol–water partition coefficient (Wildman–Crippen LogP) is 6.52. The van der Waals surface area contributed by atoms with Gasteiger partial charge in [-0.2, -0.15) is 9.10 Å². The van der Waals surface area contributed by atoms with E-state index >= 15 is 16.8 Å². The Bertz CT molecular complexity index is 3270. The lowest BCUT2D eigenvalue weighted by Crippen LogP contribution is -2.42. The number of hydrogen-bond donors (Lipinski definition) is 4. The third-order valence-corrected chi connectivity index (χ3v) is 14.8. The van der Waals surface area contributed by atoms with Crippen molar-refractivity contribution < 1.29 is 40.6 Å². The lowest BCUT2D eigenvalue weighted by atomic mass is 9.98. The number of rotatable bonds is 20. The molecule has 19 nitrogen and oxygen atoms in total. The second-order valence-electron chi connectivity index (χ2n) is 16.1. The number of nitrogen functional groups attached to an aromatic ring is 1. The Morgan fingerprint density at radius 1 is 0.729 bits per heavy atom. The van der Waals surface area contributed by atoms with Crippen molar-refractivity contribution in [2.75, 3.05) is 33.6 Å². The lowest BCUT2D eigenvalue weighted by Gasteiger charge is -2.26. The molecule has 6 aromatic carbocycles. The molecule has 1 atom stereocenters. The zero-order valence-corrected chi connectivity index (χ0v) is 40.2. The van der Waals surface area contributed by atoms with Crippen LogP contribution in [0, 0.1) is 0 Å². The Kier molecular flexibility index (Phi) is 14.7. The topological polar surface area (TPSA) is 248 Å². The maximum absolute atomic E-state index is 16.1. The van der Waals surface area contributed by atoms with Crippen LogP contribution in [0.1, 0.15) is 29.2 Å². The van der Waals surface area contributed by atoms with Gasteiger partial charge in [-0.3, -0.25) is 0 Å². The van der Waals surface area contributed by atoms with Crippen LogP contribution in [0.4, 0.5) is 10.7 Å². The first-order valence-electron chi connectivity index (χ1n) is 21.8. The second-order valence-corrected chi connectivity index (χ2v) is 19.6. The number of imidazole rings is 1. The quantitative estimate of drug-likeness (QED) is 0.0635. The van der Waals surface area contributed by atoms with Crippen molar-refractivity contribution in [2.24, 2.45) is 0 Å². The zero-order chi connectivity index (χ0) is 49.4. The van der Waals surface area contributed by atoms with Crippen molar-refractivity contribution in [1.29, 1.82) is 0 Å². The summed E-state index contributed by atoms with van der Waals surface area (Å²) in [6, 6.07) is 36.9. The van der Waals surface area contributed by atoms with Gasteiger partial charge in [-0.05, 0) is 88.5 Å². The highest BCUT2D eigenvalue weighted by molar-refractivity contribution is 7.92. The number of nitrogens with two attached hydrogens (primary N) is 1. The highest BCUT2D eigenvalue weighted by Crippen LogP contribution is 2.43. The second kappa shape index (κ2) is 21.2. The van der Waals surface area contributed by atoms with Crippen LogP contribution in [0.15, 0.2) is 143 Å². The van der Waals surface area contributed by atoms with Gasteiger partial charge in [0.15, 0.2) is 5.95 Å². The molecule has 5 N–H and O–H groups in total. The number of amides is 1. The first-order valence-corrected chi connectivity index (χ1v) is 24.7. The standard InChI is InChI=1S/C49H50N10O9S2/c1-32(27-51-49(60)68-31-36-9-6-5-7-10-36)56-69(61,62)43-26-25-40(41-11-8-12-42-45(41)53-48(50)52-42)44(47-54-57-59(55-47)30-35-17-23-39(67-4)24-18-35)46(43)70(63,64)58(28-33-13-19-37(65-2)20-14-33)29-34-15-21-38(66-3)22-16-34/h5-26,32,56H,27-31H2,1-4H3,(H,51,60)(H3,50,52,53). The average Bonchev–Trinajstić information content (AvgIpc) is 4.00. The number of anilines is 1. The Balaban J connectivity index is 1.30. The number of tetrazole rings is 1. The van der Waals surface area contributed by atoms with Gasteiger partial charge in [0.2, 0.25) is 25.9 Å². The fourth-order valence-corrected chi connectivity index (χ4v) is 11.3. The first-order chi connectivity index (χ1) is 33.7. The summed E-state index contributed by atoms with van der Waals surface area (Å²) in [5, 5.41) is 16.1. The Morgan fingerprint density at radius 3 is 1.93 bits per heavy atom. The molecule has 8 aromatic rings. The summed E-state index contributed by atoms with van der Waals surface area (Å²) >= 11 is 0. The van der Waals surface area contributed by atoms with Crippen molar-refractivity contribution >= 4 is 43.1 Å². The van der Waals surface area contributed by atoms with E-state index in [9.17, 15) is 4.79 Å². The summed E-state index contributed by atoms with van der Waals surface area (Å²) < 4.78 is 87.5. The van der Waals surface area contributed by atoms with E-state index in [1.54, 1.807) is 98.1 Å². The van der Waals surface area contributed by atoms with Crippen LogP contribution in [-0.2, 0) is 51.0 Å². The molecule has 362 valence electrons. The summed E-state index contributed by atoms with van der Waals surface area (Å²) in [5.74, 6) is 1.63. The minimum absolute atomic E-state index is 0.00990. The molecule has 1 unspecified atom stereocenters.